The van der Waals surface area contributed by atoms with E-state index in [1.165, 1.54) is 24.3 Å². The average Bonchev–Trinajstić information content (AvgIpc) is 2.26. The summed E-state index contributed by atoms with van der Waals surface area (Å²) in [6.07, 6.45) is 2.19. The Hall–Kier alpha value is -1.91. The molecule has 1 fully saturated rings. The standard InChI is InChI=1S/C13H14FNO3/c14-10-4-2-9(3-5-10)12(18)15-13(6-1-7-13)8-11(16)17/h2-5H,1,6-8H2,(H,15,18)(H,16,17). The quantitative estimate of drug-likeness (QED) is 0.859. The maximum absolute atomic E-state index is 12.7. The molecular formula is C13H14FNO3. The van der Waals surface area contributed by atoms with Crippen LogP contribution in [0.15, 0.2) is 24.3 Å². The minimum absolute atomic E-state index is 0.0695. The highest BCUT2D eigenvalue weighted by atomic mass is 19.1. The zero-order valence-corrected chi connectivity index (χ0v) is 9.78. The van der Waals surface area contributed by atoms with Crippen LogP contribution in [0.2, 0.25) is 0 Å². The Kier molecular flexibility index (Phi) is 3.32. The fraction of sp³-hybridized carbons (Fsp3) is 0.385. The second-order valence-corrected chi connectivity index (χ2v) is 4.67. The molecule has 0 heterocycles. The largest absolute Gasteiger partial charge is 0.481 e. The Bertz CT molecular complexity index is 466. The summed E-state index contributed by atoms with van der Waals surface area (Å²) in [5.74, 6) is -1.68. The minimum atomic E-state index is -0.922. The van der Waals surface area contributed by atoms with Gasteiger partial charge in [0.05, 0.1) is 12.0 Å². The van der Waals surface area contributed by atoms with Gasteiger partial charge in [-0.25, -0.2) is 4.39 Å². The number of carboxylic acids is 1. The summed E-state index contributed by atoms with van der Waals surface area (Å²) in [5, 5.41) is 11.6. The third kappa shape index (κ3) is 2.67. The topological polar surface area (TPSA) is 66.4 Å². The molecule has 1 aliphatic carbocycles. The number of hydrogen-bond donors (Lipinski definition) is 2. The Balaban J connectivity index is 2.06. The zero-order chi connectivity index (χ0) is 13.2. The van der Waals surface area contributed by atoms with E-state index in [0.29, 0.717) is 18.4 Å². The van der Waals surface area contributed by atoms with Gasteiger partial charge in [-0.1, -0.05) is 0 Å². The van der Waals surface area contributed by atoms with Crippen molar-refractivity contribution in [3.05, 3.63) is 35.6 Å². The van der Waals surface area contributed by atoms with Crippen LogP contribution in [0.4, 0.5) is 4.39 Å². The van der Waals surface area contributed by atoms with E-state index in [-0.39, 0.29) is 12.3 Å². The molecule has 0 aliphatic heterocycles. The van der Waals surface area contributed by atoms with Crippen molar-refractivity contribution in [3.63, 3.8) is 0 Å². The summed E-state index contributed by atoms with van der Waals surface area (Å²) in [7, 11) is 0. The average molecular weight is 251 g/mol. The van der Waals surface area contributed by atoms with Crippen molar-refractivity contribution in [1.29, 1.82) is 0 Å². The molecule has 1 aromatic carbocycles. The zero-order valence-electron chi connectivity index (χ0n) is 9.78. The predicted octanol–water partition coefficient (Wildman–Crippen LogP) is 1.95. The first-order chi connectivity index (χ1) is 8.51. The van der Waals surface area contributed by atoms with E-state index in [4.69, 9.17) is 5.11 Å². The number of aliphatic carboxylic acids is 1. The molecule has 18 heavy (non-hydrogen) atoms. The molecule has 1 aromatic rings. The molecule has 96 valence electrons. The van der Waals surface area contributed by atoms with Crippen molar-refractivity contribution in [1.82, 2.24) is 5.32 Å². The van der Waals surface area contributed by atoms with Crippen LogP contribution < -0.4 is 5.32 Å². The molecule has 1 saturated carbocycles. The SMILES string of the molecule is O=C(O)CC1(NC(=O)c2ccc(F)cc2)CCC1. The van der Waals surface area contributed by atoms with Crippen LogP contribution in [-0.2, 0) is 4.79 Å². The second kappa shape index (κ2) is 4.76. The highest BCUT2D eigenvalue weighted by Crippen LogP contribution is 2.35. The molecule has 5 heteroatoms. The number of nitrogens with one attached hydrogen (secondary N) is 1. The molecule has 0 bridgehead atoms. The van der Waals surface area contributed by atoms with Crippen molar-refractivity contribution in [2.75, 3.05) is 0 Å². The number of amides is 1. The van der Waals surface area contributed by atoms with Crippen molar-refractivity contribution in [2.45, 2.75) is 31.2 Å². The van der Waals surface area contributed by atoms with Crippen LogP contribution >= 0.6 is 0 Å². The lowest BCUT2D eigenvalue weighted by Gasteiger charge is -2.41. The summed E-state index contributed by atoms with van der Waals surface area (Å²) < 4.78 is 12.7. The normalized spacial score (nSPS) is 16.7. The Morgan fingerprint density at radius 1 is 1.28 bits per heavy atom. The minimum Gasteiger partial charge on any atom is -0.481 e. The molecule has 0 saturated heterocycles. The van der Waals surface area contributed by atoms with Crippen LogP contribution in [0.1, 0.15) is 36.0 Å². The number of carboxylic acid groups (broad SMARTS) is 1. The predicted molar refractivity (Wildman–Crippen MR) is 62.7 cm³/mol. The number of benzene rings is 1. The van der Waals surface area contributed by atoms with Crippen LogP contribution in [-0.4, -0.2) is 22.5 Å². The molecule has 0 radical (unpaired) electrons. The van der Waals surface area contributed by atoms with Crippen molar-refractivity contribution in [3.8, 4) is 0 Å². The van der Waals surface area contributed by atoms with E-state index in [1.54, 1.807) is 0 Å². The third-order valence-corrected chi connectivity index (χ3v) is 3.29. The van der Waals surface area contributed by atoms with Crippen LogP contribution in [0.25, 0.3) is 0 Å². The van der Waals surface area contributed by atoms with E-state index >= 15 is 0 Å². The lowest BCUT2D eigenvalue weighted by molar-refractivity contribution is -0.139. The van der Waals surface area contributed by atoms with Gasteiger partial charge in [0.15, 0.2) is 0 Å². The first-order valence-corrected chi connectivity index (χ1v) is 5.81. The first-order valence-electron chi connectivity index (χ1n) is 5.81. The molecule has 4 nitrogen and oxygen atoms in total. The van der Waals surface area contributed by atoms with Gasteiger partial charge in [0.2, 0.25) is 0 Å². The van der Waals surface area contributed by atoms with E-state index in [1.807, 2.05) is 0 Å². The smallest absolute Gasteiger partial charge is 0.305 e. The Labute approximate surface area is 104 Å². The van der Waals surface area contributed by atoms with Crippen molar-refractivity contribution in [2.24, 2.45) is 0 Å². The first kappa shape index (κ1) is 12.5. The molecule has 1 amide bonds. The number of carbonyl (C=O) groups is 2. The number of halogens is 1. The van der Waals surface area contributed by atoms with Gasteiger partial charge in [-0.3, -0.25) is 9.59 Å². The lowest BCUT2D eigenvalue weighted by atomic mass is 9.74. The van der Waals surface area contributed by atoms with Gasteiger partial charge in [0.1, 0.15) is 5.82 Å². The molecule has 0 aromatic heterocycles. The third-order valence-electron chi connectivity index (χ3n) is 3.29. The molecule has 0 spiro atoms. The number of rotatable bonds is 4. The summed E-state index contributed by atoms with van der Waals surface area (Å²) >= 11 is 0. The highest BCUT2D eigenvalue weighted by molar-refractivity contribution is 5.95. The fourth-order valence-corrected chi connectivity index (χ4v) is 2.15. The fourth-order valence-electron chi connectivity index (χ4n) is 2.15. The van der Waals surface area contributed by atoms with Crippen LogP contribution in [0.3, 0.4) is 0 Å². The van der Waals surface area contributed by atoms with E-state index in [9.17, 15) is 14.0 Å². The molecule has 2 N–H and O–H groups in total. The number of carbonyl (C=O) groups excluding carboxylic acids is 1. The second-order valence-electron chi connectivity index (χ2n) is 4.67. The van der Waals surface area contributed by atoms with Crippen molar-refractivity contribution < 1.29 is 19.1 Å². The summed E-state index contributed by atoms with van der Waals surface area (Å²) in [6, 6.07) is 5.19. The molecule has 1 aliphatic rings. The lowest BCUT2D eigenvalue weighted by Crippen LogP contribution is -2.54. The van der Waals surface area contributed by atoms with Gasteiger partial charge in [-0.2, -0.15) is 0 Å². The monoisotopic (exact) mass is 251 g/mol. The maximum Gasteiger partial charge on any atom is 0.305 e. The van der Waals surface area contributed by atoms with Gasteiger partial charge >= 0.3 is 5.97 Å². The number of hydrogen-bond acceptors (Lipinski definition) is 2. The molecular weight excluding hydrogens is 237 g/mol. The maximum atomic E-state index is 12.7. The van der Waals surface area contributed by atoms with Crippen LogP contribution in [0, 0.1) is 5.82 Å². The van der Waals surface area contributed by atoms with Gasteiger partial charge in [0, 0.05) is 5.56 Å². The van der Waals surface area contributed by atoms with E-state index in [2.05, 4.69) is 5.32 Å². The molecule has 2 rings (SSSR count). The van der Waals surface area contributed by atoms with Gasteiger partial charge in [-0.05, 0) is 43.5 Å². The Morgan fingerprint density at radius 3 is 2.33 bits per heavy atom. The van der Waals surface area contributed by atoms with Gasteiger partial charge in [0.25, 0.3) is 5.91 Å². The Morgan fingerprint density at radius 2 is 1.89 bits per heavy atom. The summed E-state index contributed by atoms with van der Waals surface area (Å²) in [5.41, 5.74) is -0.287. The summed E-state index contributed by atoms with van der Waals surface area (Å²) in [6.45, 7) is 0. The summed E-state index contributed by atoms with van der Waals surface area (Å²) in [4.78, 5) is 22.7. The van der Waals surface area contributed by atoms with E-state index < -0.39 is 17.3 Å². The van der Waals surface area contributed by atoms with Gasteiger partial charge < -0.3 is 10.4 Å². The molecule has 0 unspecified atom stereocenters. The highest BCUT2D eigenvalue weighted by Gasteiger charge is 2.40. The van der Waals surface area contributed by atoms with Crippen molar-refractivity contribution >= 4 is 11.9 Å². The van der Waals surface area contributed by atoms with E-state index in [0.717, 1.165) is 6.42 Å². The van der Waals surface area contributed by atoms with Gasteiger partial charge in [-0.15, -0.1) is 0 Å². The van der Waals surface area contributed by atoms with Crippen LogP contribution in [0.5, 0.6) is 0 Å². The molecule has 0 atom stereocenters.